The minimum absolute atomic E-state index is 0.00283. The molecule has 0 aromatic carbocycles. The highest BCUT2D eigenvalue weighted by molar-refractivity contribution is 5.92. The molecule has 0 saturated heterocycles. The molecule has 2 atom stereocenters. The van der Waals surface area contributed by atoms with E-state index in [4.69, 9.17) is 4.52 Å². The molecular weight excluding hydrogens is 258 g/mol. The summed E-state index contributed by atoms with van der Waals surface area (Å²) in [5.41, 5.74) is 0. The first-order valence-corrected chi connectivity index (χ1v) is 6.84. The van der Waals surface area contributed by atoms with Crippen LogP contribution in [0.2, 0.25) is 0 Å². The fourth-order valence-corrected chi connectivity index (χ4v) is 2.71. The van der Waals surface area contributed by atoms with Crippen LogP contribution in [0.1, 0.15) is 19.3 Å². The van der Waals surface area contributed by atoms with Gasteiger partial charge in [-0.05, 0) is 31.1 Å². The monoisotopic (exact) mass is 273 g/mol. The van der Waals surface area contributed by atoms with Crippen LogP contribution in [-0.4, -0.2) is 25.6 Å². The molecule has 0 spiro atoms. The lowest BCUT2D eigenvalue weighted by Gasteiger charge is -1.98. The maximum Gasteiger partial charge on any atom is 0.328 e. The number of aryl methyl sites for hydroxylation is 1. The van der Waals surface area contributed by atoms with Crippen molar-refractivity contribution in [3.8, 4) is 11.6 Å². The second-order valence-corrected chi connectivity index (χ2v) is 5.62. The second kappa shape index (κ2) is 4.16. The van der Waals surface area contributed by atoms with E-state index in [0.717, 1.165) is 12.3 Å². The van der Waals surface area contributed by atoms with Gasteiger partial charge in [-0.25, -0.2) is 4.98 Å². The molecule has 0 aliphatic heterocycles. The molecule has 7 nitrogen and oxygen atoms in total. The van der Waals surface area contributed by atoms with Gasteiger partial charge in [-0.1, -0.05) is 5.16 Å². The Morgan fingerprint density at radius 2 is 2.35 bits per heavy atom. The molecule has 2 aliphatic carbocycles. The zero-order valence-electron chi connectivity index (χ0n) is 11.1. The van der Waals surface area contributed by atoms with E-state index < -0.39 is 0 Å². The summed E-state index contributed by atoms with van der Waals surface area (Å²) in [6.07, 6.45) is 7.01. The molecule has 2 fully saturated rings. The number of aromatic nitrogens is 4. The highest BCUT2D eigenvalue weighted by Gasteiger charge is 2.51. The summed E-state index contributed by atoms with van der Waals surface area (Å²) in [4.78, 5) is 20.3. The van der Waals surface area contributed by atoms with Gasteiger partial charge in [0.15, 0.2) is 5.82 Å². The summed E-state index contributed by atoms with van der Waals surface area (Å²) in [6.45, 7) is 0. The summed E-state index contributed by atoms with van der Waals surface area (Å²) < 4.78 is 6.85. The van der Waals surface area contributed by atoms with Crippen molar-refractivity contribution in [3.63, 3.8) is 0 Å². The van der Waals surface area contributed by atoms with E-state index in [0.29, 0.717) is 17.6 Å². The highest BCUT2D eigenvalue weighted by Crippen LogP contribution is 2.54. The number of amides is 1. The number of nitrogens with one attached hydrogen (secondary N) is 1. The number of rotatable bonds is 4. The maximum absolute atomic E-state index is 12.0. The van der Waals surface area contributed by atoms with Crippen molar-refractivity contribution in [3.05, 3.63) is 12.4 Å². The third-order valence-electron chi connectivity index (χ3n) is 4.08. The Labute approximate surface area is 115 Å². The zero-order chi connectivity index (χ0) is 13.7. The van der Waals surface area contributed by atoms with Gasteiger partial charge in [0.05, 0.1) is 0 Å². The lowest BCUT2D eigenvalue weighted by molar-refractivity contribution is -0.117. The van der Waals surface area contributed by atoms with Crippen molar-refractivity contribution in [1.29, 1.82) is 0 Å². The van der Waals surface area contributed by atoms with Gasteiger partial charge in [-0.3, -0.25) is 10.1 Å². The van der Waals surface area contributed by atoms with Crippen LogP contribution in [-0.2, 0) is 11.8 Å². The largest absolute Gasteiger partial charge is 0.331 e. The van der Waals surface area contributed by atoms with Gasteiger partial charge < -0.3 is 9.09 Å². The van der Waals surface area contributed by atoms with Gasteiger partial charge in [-0.2, -0.15) is 4.98 Å². The Hall–Kier alpha value is -2.18. The van der Waals surface area contributed by atoms with Crippen LogP contribution in [0.4, 0.5) is 6.01 Å². The SMILES string of the molecule is Cn1ccnc1-c1noc(NC(=O)[C@H]2C[C@@H]2C2CC2)n1. The average Bonchev–Trinajstić information content (AvgIpc) is 3.31. The molecule has 7 heteroatoms. The van der Waals surface area contributed by atoms with Crippen molar-refractivity contribution in [2.24, 2.45) is 24.8 Å². The van der Waals surface area contributed by atoms with Crippen LogP contribution in [0.5, 0.6) is 0 Å². The number of anilines is 1. The molecule has 2 heterocycles. The zero-order valence-corrected chi connectivity index (χ0v) is 11.1. The Morgan fingerprint density at radius 1 is 1.50 bits per heavy atom. The van der Waals surface area contributed by atoms with E-state index in [1.807, 2.05) is 7.05 Å². The molecule has 4 rings (SSSR count). The van der Waals surface area contributed by atoms with Crippen molar-refractivity contribution >= 4 is 11.9 Å². The topological polar surface area (TPSA) is 85.8 Å². The Bertz CT molecular complexity index is 657. The van der Waals surface area contributed by atoms with Gasteiger partial charge >= 0.3 is 6.01 Å². The van der Waals surface area contributed by atoms with Crippen LogP contribution < -0.4 is 5.32 Å². The van der Waals surface area contributed by atoms with Gasteiger partial charge in [0.1, 0.15) is 0 Å². The first-order chi connectivity index (χ1) is 9.72. The van der Waals surface area contributed by atoms with Gasteiger partial charge in [0.2, 0.25) is 11.7 Å². The van der Waals surface area contributed by atoms with Crippen molar-refractivity contribution in [2.45, 2.75) is 19.3 Å². The van der Waals surface area contributed by atoms with Gasteiger partial charge in [0, 0.05) is 25.4 Å². The van der Waals surface area contributed by atoms with E-state index in [9.17, 15) is 4.79 Å². The Morgan fingerprint density at radius 3 is 3.05 bits per heavy atom. The van der Waals surface area contributed by atoms with Crippen molar-refractivity contribution in [2.75, 3.05) is 5.32 Å². The molecule has 2 aromatic heterocycles. The maximum atomic E-state index is 12.0. The van der Waals surface area contributed by atoms with Crippen molar-refractivity contribution in [1.82, 2.24) is 19.7 Å². The van der Waals surface area contributed by atoms with E-state index in [1.54, 1.807) is 17.0 Å². The molecule has 0 unspecified atom stereocenters. The number of hydrogen-bond donors (Lipinski definition) is 1. The molecule has 2 aliphatic rings. The van der Waals surface area contributed by atoms with Crippen LogP contribution in [0, 0.1) is 17.8 Å². The molecular formula is C13H15N5O2. The lowest BCUT2D eigenvalue weighted by Crippen LogP contribution is -2.15. The van der Waals surface area contributed by atoms with Crippen LogP contribution in [0.25, 0.3) is 11.6 Å². The number of carbonyl (C=O) groups is 1. The highest BCUT2D eigenvalue weighted by atomic mass is 16.5. The van der Waals surface area contributed by atoms with E-state index in [-0.39, 0.29) is 17.8 Å². The number of imidazole rings is 1. The predicted molar refractivity (Wildman–Crippen MR) is 69.5 cm³/mol. The van der Waals surface area contributed by atoms with E-state index in [1.165, 1.54) is 12.8 Å². The Kier molecular flexibility index (Phi) is 2.42. The van der Waals surface area contributed by atoms with Crippen LogP contribution >= 0.6 is 0 Å². The van der Waals surface area contributed by atoms with Crippen LogP contribution in [0.3, 0.4) is 0 Å². The van der Waals surface area contributed by atoms with Crippen molar-refractivity contribution < 1.29 is 9.32 Å². The van der Waals surface area contributed by atoms with Crippen LogP contribution in [0.15, 0.2) is 16.9 Å². The molecule has 2 saturated carbocycles. The van der Waals surface area contributed by atoms with Gasteiger partial charge in [0.25, 0.3) is 0 Å². The third kappa shape index (κ3) is 1.99. The molecule has 1 N–H and O–H groups in total. The molecule has 0 bridgehead atoms. The number of hydrogen-bond acceptors (Lipinski definition) is 5. The fraction of sp³-hybridized carbons (Fsp3) is 0.538. The summed E-state index contributed by atoms with van der Waals surface area (Å²) >= 11 is 0. The standard InChI is InChI=1S/C13H15N5O2/c1-18-5-4-14-11(18)10-15-13(20-17-10)16-12(19)9-6-8(9)7-2-3-7/h4-5,7-9H,2-3,6H2,1H3,(H,15,16,17,19)/t8-,9+/m1/s1. The summed E-state index contributed by atoms with van der Waals surface area (Å²) in [5.74, 6) is 2.46. The number of nitrogens with zero attached hydrogens (tertiary/aromatic N) is 4. The Balaban J connectivity index is 1.43. The first kappa shape index (κ1) is 11.6. The molecule has 1 amide bonds. The lowest BCUT2D eigenvalue weighted by atomic mass is 10.2. The molecule has 20 heavy (non-hydrogen) atoms. The number of carbonyl (C=O) groups excluding carboxylic acids is 1. The third-order valence-corrected chi connectivity index (χ3v) is 4.08. The average molecular weight is 273 g/mol. The second-order valence-electron chi connectivity index (χ2n) is 5.62. The molecule has 0 radical (unpaired) electrons. The summed E-state index contributed by atoms with van der Waals surface area (Å²) in [7, 11) is 1.85. The summed E-state index contributed by atoms with van der Waals surface area (Å²) in [5, 5.41) is 6.54. The minimum Gasteiger partial charge on any atom is -0.331 e. The quantitative estimate of drug-likeness (QED) is 0.911. The van der Waals surface area contributed by atoms with E-state index in [2.05, 4.69) is 20.4 Å². The predicted octanol–water partition coefficient (Wildman–Crippen LogP) is 1.45. The van der Waals surface area contributed by atoms with Gasteiger partial charge in [-0.15, -0.1) is 0 Å². The van der Waals surface area contributed by atoms with E-state index >= 15 is 0 Å². The molecule has 104 valence electrons. The summed E-state index contributed by atoms with van der Waals surface area (Å²) in [6, 6.07) is 0.148. The smallest absolute Gasteiger partial charge is 0.328 e. The molecule has 2 aromatic rings. The first-order valence-electron chi connectivity index (χ1n) is 6.84. The minimum atomic E-state index is -0.00283. The fourth-order valence-electron chi connectivity index (χ4n) is 2.71. The normalized spacial score (nSPS) is 24.6.